The molecule has 1 fully saturated rings. The van der Waals surface area contributed by atoms with Crippen LogP contribution in [-0.2, 0) is 12.0 Å². The number of pyridine rings is 1. The third-order valence-electron chi connectivity index (χ3n) is 4.11. The number of hydrogen-bond acceptors (Lipinski definition) is 2. The third-order valence-corrected chi connectivity index (χ3v) is 4.11. The Morgan fingerprint density at radius 2 is 2.05 bits per heavy atom. The summed E-state index contributed by atoms with van der Waals surface area (Å²) < 4.78 is 0. The van der Waals surface area contributed by atoms with Crippen LogP contribution in [0.1, 0.15) is 36.5 Å². The van der Waals surface area contributed by atoms with Crippen LogP contribution in [0.25, 0.3) is 0 Å². The van der Waals surface area contributed by atoms with E-state index in [2.05, 4.69) is 53.6 Å². The first-order chi connectivity index (χ1) is 9.28. The summed E-state index contributed by atoms with van der Waals surface area (Å²) in [5.74, 6) is 0. The molecule has 19 heavy (non-hydrogen) atoms. The Morgan fingerprint density at radius 3 is 2.79 bits per heavy atom. The molecule has 2 nitrogen and oxygen atoms in total. The quantitative estimate of drug-likeness (QED) is 0.907. The van der Waals surface area contributed by atoms with Gasteiger partial charge in [0.05, 0.1) is 0 Å². The van der Waals surface area contributed by atoms with Gasteiger partial charge in [0.1, 0.15) is 0 Å². The summed E-state index contributed by atoms with van der Waals surface area (Å²) in [5.41, 5.74) is 4.20. The molecular weight excluding hydrogens is 232 g/mol. The minimum atomic E-state index is 0.0956. The van der Waals surface area contributed by atoms with E-state index in [1.807, 2.05) is 12.4 Å². The van der Waals surface area contributed by atoms with Crippen molar-refractivity contribution >= 4 is 0 Å². The van der Waals surface area contributed by atoms with Crippen molar-refractivity contribution in [2.75, 3.05) is 6.54 Å². The summed E-state index contributed by atoms with van der Waals surface area (Å²) in [5, 5.41) is 3.64. The van der Waals surface area contributed by atoms with Crippen molar-refractivity contribution in [3.63, 3.8) is 0 Å². The zero-order valence-electron chi connectivity index (χ0n) is 11.4. The molecule has 0 saturated carbocycles. The smallest absolute Gasteiger partial charge is 0.0424 e. The van der Waals surface area contributed by atoms with Gasteiger partial charge < -0.3 is 5.32 Å². The maximum absolute atomic E-state index is 4.34. The Hall–Kier alpha value is -1.67. The number of nitrogens with zero attached hydrogens (tertiary/aromatic N) is 1. The van der Waals surface area contributed by atoms with Crippen molar-refractivity contribution in [3.8, 4) is 0 Å². The molecule has 1 aliphatic rings. The number of rotatable bonds is 3. The van der Waals surface area contributed by atoms with Crippen LogP contribution < -0.4 is 5.32 Å². The Labute approximate surface area is 114 Å². The van der Waals surface area contributed by atoms with E-state index in [4.69, 9.17) is 0 Å². The summed E-state index contributed by atoms with van der Waals surface area (Å²) in [4.78, 5) is 4.34. The van der Waals surface area contributed by atoms with E-state index in [0.717, 1.165) is 13.0 Å². The minimum Gasteiger partial charge on any atom is -0.308 e. The first-order valence-corrected chi connectivity index (χ1v) is 7.00. The maximum atomic E-state index is 4.34. The predicted molar refractivity (Wildman–Crippen MR) is 78.1 cm³/mol. The topological polar surface area (TPSA) is 24.9 Å². The lowest BCUT2D eigenvalue weighted by Crippen LogP contribution is -2.34. The molecule has 0 radical (unpaired) electrons. The Balaban J connectivity index is 1.94. The van der Waals surface area contributed by atoms with Crippen molar-refractivity contribution in [1.82, 2.24) is 10.3 Å². The Bertz CT molecular complexity index is 542. The van der Waals surface area contributed by atoms with Gasteiger partial charge in [-0.1, -0.05) is 30.3 Å². The second-order valence-electron chi connectivity index (χ2n) is 5.56. The largest absolute Gasteiger partial charge is 0.308 e. The molecule has 1 aromatic carbocycles. The molecule has 1 aromatic heterocycles. The average molecular weight is 252 g/mol. The molecule has 0 aliphatic carbocycles. The van der Waals surface area contributed by atoms with Crippen molar-refractivity contribution in [3.05, 3.63) is 65.5 Å². The van der Waals surface area contributed by atoms with Crippen LogP contribution in [0.15, 0.2) is 48.8 Å². The van der Waals surface area contributed by atoms with E-state index in [1.54, 1.807) is 0 Å². The van der Waals surface area contributed by atoms with Crippen molar-refractivity contribution in [2.24, 2.45) is 0 Å². The van der Waals surface area contributed by atoms with Gasteiger partial charge in [-0.15, -0.1) is 0 Å². The molecule has 2 aromatic rings. The molecule has 0 unspecified atom stereocenters. The van der Waals surface area contributed by atoms with Crippen LogP contribution in [0.2, 0.25) is 0 Å². The van der Waals surface area contributed by atoms with Gasteiger partial charge in [0.25, 0.3) is 0 Å². The molecule has 2 heteroatoms. The van der Waals surface area contributed by atoms with Gasteiger partial charge in [-0.3, -0.25) is 4.98 Å². The van der Waals surface area contributed by atoms with E-state index in [9.17, 15) is 0 Å². The van der Waals surface area contributed by atoms with Crippen LogP contribution in [0.3, 0.4) is 0 Å². The second kappa shape index (κ2) is 5.14. The summed E-state index contributed by atoms with van der Waals surface area (Å²) in [6.45, 7) is 3.40. The normalized spacial score (nSPS) is 22.6. The highest BCUT2D eigenvalue weighted by Gasteiger charge is 2.31. The van der Waals surface area contributed by atoms with E-state index < -0.39 is 0 Å². The molecule has 1 atom stereocenters. The lowest BCUT2D eigenvalue weighted by atomic mass is 9.86. The lowest BCUT2D eigenvalue weighted by molar-refractivity contribution is 0.430. The van der Waals surface area contributed by atoms with Gasteiger partial charge in [0, 0.05) is 17.9 Å². The number of nitrogens with one attached hydrogen (secondary N) is 1. The van der Waals surface area contributed by atoms with Crippen LogP contribution in [-0.4, -0.2) is 11.5 Å². The second-order valence-corrected chi connectivity index (χ2v) is 5.56. The fourth-order valence-electron chi connectivity index (χ4n) is 3.01. The Morgan fingerprint density at radius 1 is 1.21 bits per heavy atom. The third kappa shape index (κ3) is 2.54. The van der Waals surface area contributed by atoms with Gasteiger partial charge in [-0.25, -0.2) is 0 Å². The van der Waals surface area contributed by atoms with Crippen LogP contribution >= 0.6 is 0 Å². The first kappa shape index (κ1) is 12.4. The first-order valence-electron chi connectivity index (χ1n) is 7.00. The molecule has 0 amide bonds. The van der Waals surface area contributed by atoms with E-state index >= 15 is 0 Å². The number of hydrogen-bond donors (Lipinski definition) is 1. The van der Waals surface area contributed by atoms with Gasteiger partial charge >= 0.3 is 0 Å². The van der Waals surface area contributed by atoms with Crippen molar-refractivity contribution in [2.45, 2.75) is 31.7 Å². The number of benzene rings is 1. The molecule has 0 bridgehead atoms. The summed E-state index contributed by atoms with van der Waals surface area (Å²) in [7, 11) is 0. The fraction of sp³-hybridized carbons (Fsp3) is 0.353. The predicted octanol–water partition coefficient (Wildman–Crippen LogP) is 3.27. The van der Waals surface area contributed by atoms with Crippen LogP contribution in [0, 0.1) is 0 Å². The maximum Gasteiger partial charge on any atom is 0.0424 e. The van der Waals surface area contributed by atoms with Crippen LogP contribution in [0.5, 0.6) is 0 Å². The molecule has 1 aliphatic heterocycles. The molecular formula is C17H20N2. The van der Waals surface area contributed by atoms with Gasteiger partial charge in [-0.2, -0.15) is 0 Å². The van der Waals surface area contributed by atoms with Gasteiger partial charge in [0.2, 0.25) is 0 Å². The van der Waals surface area contributed by atoms with Gasteiger partial charge in [0.15, 0.2) is 0 Å². The molecule has 1 saturated heterocycles. The zero-order valence-corrected chi connectivity index (χ0v) is 11.4. The number of aromatic nitrogens is 1. The monoisotopic (exact) mass is 252 g/mol. The summed E-state index contributed by atoms with van der Waals surface area (Å²) >= 11 is 0. The van der Waals surface area contributed by atoms with Crippen molar-refractivity contribution in [1.29, 1.82) is 0 Å². The van der Waals surface area contributed by atoms with Crippen LogP contribution in [0.4, 0.5) is 0 Å². The molecule has 1 N–H and O–H groups in total. The molecule has 0 spiro atoms. The highest BCUT2D eigenvalue weighted by Crippen LogP contribution is 2.32. The Kier molecular flexibility index (Phi) is 3.34. The summed E-state index contributed by atoms with van der Waals surface area (Å²) in [6.07, 6.45) is 7.36. The van der Waals surface area contributed by atoms with E-state index in [0.29, 0.717) is 0 Å². The lowest BCUT2D eigenvalue weighted by Gasteiger charge is -2.27. The fourth-order valence-corrected chi connectivity index (χ4v) is 3.01. The highest BCUT2D eigenvalue weighted by molar-refractivity contribution is 5.35. The standard InChI is InChI=1S/C17H20N2/c1-17(9-5-10-19-17)16-13-18-11-8-15(16)12-14-6-3-2-4-7-14/h2-4,6-8,11,13,19H,5,9-10,12H2,1H3/t17-/m0/s1. The van der Waals surface area contributed by atoms with E-state index in [1.165, 1.54) is 29.5 Å². The van der Waals surface area contributed by atoms with Crippen molar-refractivity contribution < 1.29 is 0 Å². The molecule has 3 rings (SSSR count). The molecule has 2 heterocycles. The SMILES string of the molecule is C[C@@]1(c2cnccc2Cc2ccccc2)CCCN1. The van der Waals surface area contributed by atoms with Gasteiger partial charge in [-0.05, 0) is 55.5 Å². The van der Waals surface area contributed by atoms with E-state index in [-0.39, 0.29) is 5.54 Å². The minimum absolute atomic E-state index is 0.0956. The highest BCUT2D eigenvalue weighted by atomic mass is 15.0. The summed E-state index contributed by atoms with van der Waals surface area (Å²) in [6, 6.07) is 12.8. The molecule has 98 valence electrons. The average Bonchev–Trinajstić information content (AvgIpc) is 2.88. The zero-order chi connectivity index (χ0) is 13.1.